The van der Waals surface area contributed by atoms with Crippen LogP contribution >= 0.6 is 0 Å². The highest BCUT2D eigenvalue weighted by molar-refractivity contribution is 5.94. The van der Waals surface area contributed by atoms with E-state index in [0.29, 0.717) is 17.2 Å². The highest BCUT2D eigenvalue weighted by Crippen LogP contribution is 2.32. The summed E-state index contributed by atoms with van der Waals surface area (Å²) in [5, 5.41) is 3.07. The molecule has 0 saturated carbocycles. The Morgan fingerprint density at radius 3 is 2.32 bits per heavy atom. The Hall–Kier alpha value is -2.49. The average molecular weight is 341 g/mol. The van der Waals surface area contributed by atoms with Gasteiger partial charge in [-0.25, -0.2) is 0 Å². The number of methoxy groups -OCH3 is 2. The maximum atomic E-state index is 12.6. The maximum absolute atomic E-state index is 12.6. The van der Waals surface area contributed by atoms with Crippen LogP contribution in [0.4, 0.5) is 0 Å². The third-order valence-corrected chi connectivity index (χ3v) is 4.39. The van der Waals surface area contributed by atoms with Crippen molar-refractivity contribution in [3.8, 4) is 11.5 Å². The van der Waals surface area contributed by atoms with Crippen LogP contribution in [0.1, 0.15) is 59.8 Å². The molecule has 0 aliphatic heterocycles. The quantitative estimate of drug-likeness (QED) is 0.833. The first-order valence-electron chi connectivity index (χ1n) is 8.50. The number of nitrogens with one attached hydrogen (secondary N) is 1. The minimum Gasteiger partial charge on any atom is -0.497 e. The molecular weight excluding hydrogens is 314 g/mol. The standard InChI is InChI=1S/C21H27NO3/c1-13(2)18-12-19(14(3)10-20(18)25-6)15(4)22-21(23)16-8-7-9-17(11-16)24-5/h7-13,15H,1-6H3,(H,22,23). The van der Waals surface area contributed by atoms with Gasteiger partial charge in [-0.2, -0.15) is 0 Å². The number of rotatable bonds is 6. The lowest BCUT2D eigenvalue weighted by Crippen LogP contribution is -2.27. The van der Waals surface area contributed by atoms with Crippen LogP contribution in [0, 0.1) is 6.92 Å². The van der Waals surface area contributed by atoms with Crippen LogP contribution < -0.4 is 14.8 Å². The van der Waals surface area contributed by atoms with Crippen molar-refractivity contribution >= 4 is 5.91 Å². The van der Waals surface area contributed by atoms with Crippen LogP contribution in [0.15, 0.2) is 36.4 Å². The molecule has 0 radical (unpaired) electrons. The van der Waals surface area contributed by atoms with Crippen molar-refractivity contribution in [3.63, 3.8) is 0 Å². The third kappa shape index (κ3) is 4.32. The summed E-state index contributed by atoms with van der Waals surface area (Å²) in [6.07, 6.45) is 0. The van der Waals surface area contributed by atoms with E-state index in [1.54, 1.807) is 26.4 Å². The summed E-state index contributed by atoms with van der Waals surface area (Å²) in [6.45, 7) is 8.31. The second-order valence-electron chi connectivity index (χ2n) is 6.53. The van der Waals surface area contributed by atoms with E-state index >= 15 is 0 Å². The molecule has 0 aliphatic rings. The van der Waals surface area contributed by atoms with Gasteiger partial charge < -0.3 is 14.8 Å². The summed E-state index contributed by atoms with van der Waals surface area (Å²) in [5.74, 6) is 1.79. The molecule has 25 heavy (non-hydrogen) atoms. The van der Waals surface area contributed by atoms with Gasteiger partial charge in [0.2, 0.25) is 0 Å². The van der Waals surface area contributed by atoms with Gasteiger partial charge in [-0.3, -0.25) is 4.79 Å². The lowest BCUT2D eigenvalue weighted by molar-refractivity contribution is 0.0939. The Morgan fingerprint density at radius 2 is 1.72 bits per heavy atom. The molecule has 0 aromatic heterocycles. The second-order valence-corrected chi connectivity index (χ2v) is 6.53. The molecule has 1 amide bonds. The molecule has 4 heteroatoms. The SMILES string of the molecule is COc1cccc(C(=O)NC(C)c2cc(C(C)C)c(OC)cc2C)c1. The van der Waals surface area contributed by atoms with Gasteiger partial charge in [0, 0.05) is 5.56 Å². The molecule has 0 bridgehead atoms. The highest BCUT2D eigenvalue weighted by Gasteiger charge is 2.17. The Bertz CT molecular complexity index is 753. The van der Waals surface area contributed by atoms with Crippen molar-refractivity contribution in [2.24, 2.45) is 0 Å². The zero-order valence-corrected chi connectivity index (χ0v) is 15.8. The number of hydrogen-bond donors (Lipinski definition) is 1. The van der Waals surface area contributed by atoms with Crippen molar-refractivity contribution in [3.05, 3.63) is 58.7 Å². The first kappa shape index (κ1) is 18.8. The molecule has 134 valence electrons. The van der Waals surface area contributed by atoms with Gasteiger partial charge in [0.25, 0.3) is 5.91 Å². The molecule has 2 rings (SSSR count). The van der Waals surface area contributed by atoms with Gasteiger partial charge in [-0.15, -0.1) is 0 Å². The van der Waals surface area contributed by atoms with Crippen LogP contribution in [0.2, 0.25) is 0 Å². The van der Waals surface area contributed by atoms with Crippen LogP contribution in [0.25, 0.3) is 0 Å². The predicted molar refractivity (Wildman–Crippen MR) is 101 cm³/mol. The van der Waals surface area contributed by atoms with E-state index in [0.717, 1.165) is 22.4 Å². The molecule has 0 aliphatic carbocycles. The van der Waals surface area contributed by atoms with Crippen molar-refractivity contribution in [2.45, 2.75) is 39.7 Å². The number of hydrogen-bond acceptors (Lipinski definition) is 3. The third-order valence-electron chi connectivity index (χ3n) is 4.39. The summed E-state index contributed by atoms with van der Waals surface area (Å²) in [5.41, 5.74) is 3.92. The smallest absolute Gasteiger partial charge is 0.251 e. The first-order valence-corrected chi connectivity index (χ1v) is 8.50. The monoisotopic (exact) mass is 341 g/mol. The van der Waals surface area contributed by atoms with E-state index in [9.17, 15) is 4.79 Å². The zero-order valence-electron chi connectivity index (χ0n) is 15.8. The number of carbonyl (C=O) groups excluding carboxylic acids is 1. The van der Waals surface area contributed by atoms with E-state index in [-0.39, 0.29) is 11.9 Å². The van der Waals surface area contributed by atoms with Gasteiger partial charge in [0.15, 0.2) is 0 Å². The lowest BCUT2D eigenvalue weighted by atomic mass is 9.93. The summed E-state index contributed by atoms with van der Waals surface area (Å²) < 4.78 is 10.7. The number of ether oxygens (including phenoxy) is 2. The lowest BCUT2D eigenvalue weighted by Gasteiger charge is -2.21. The van der Waals surface area contributed by atoms with E-state index in [1.165, 1.54) is 0 Å². The van der Waals surface area contributed by atoms with Crippen LogP contribution in [-0.4, -0.2) is 20.1 Å². The largest absolute Gasteiger partial charge is 0.497 e. The fourth-order valence-corrected chi connectivity index (χ4v) is 2.93. The van der Waals surface area contributed by atoms with Crippen molar-refractivity contribution in [2.75, 3.05) is 14.2 Å². The molecule has 4 nitrogen and oxygen atoms in total. The molecule has 1 unspecified atom stereocenters. The maximum Gasteiger partial charge on any atom is 0.251 e. The van der Waals surface area contributed by atoms with Gasteiger partial charge in [-0.1, -0.05) is 19.9 Å². The summed E-state index contributed by atoms with van der Waals surface area (Å²) in [7, 11) is 3.28. The Morgan fingerprint density at radius 1 is 1.00 bits per heavy atom. The van der Waals surface area contributed by atoms with E-state index in [4.69, 9.17) is 9.47 Å². The van der Waals surface area contributed by atoms with Crippen LogP contribution in [0.3, 0.4) is 0 Å². The molecule has 2 aromatic carbocycles. The normalized spacial score (nSPS) is 12.0. The zero-order chi connectivity index (χ0) is 18.6. The van der Waals surface area contributed by atoms with Crippen molar-refractivity contribution in [1.82, 2.24) is 5.32 Å². The summed E-state index contributed by atoms with van der Waals surface area (Å²) in [4.78, 5) is 12.6. The van der Waals surface area contributed by atoms with Gasteiger partial charge in [0.1, 0.15) is 11.5 Å². The number of amides is 1. The van der Waals surface area contributed by atoms with Crippen molar-refractivity contribution < 1.29 is 14.3 Å². The topological polar surface area (TPSA) is 47.6 Å². The second kappa shape index (κ2) is 8.06. The van der Waals surface area contributed by atoms with E-state index in [1.807, 2.05) is 32.0 Å². The first-order chi connectivity index (χ1) is 11.9. The Labute approximate surface area is 150 Å². The van der Waals surface area contributed by atoms with Gasteiger partial charge in [-0.05, 0) is 66.8 Å². The Kier molecular flexibility index (Phi) is 6.07. The molecule has 1 N–H and O–H groups in total. The van der Waals surface area contributed by atoms with Crippen molar-refractivity contribution in [1.29, 1.82) is 0 Å². The molecular formula is C21H27NO3. The van der Waals surface area contributed by atoms with Crippen LogP contribution in [-0.2, 0) is 0 Å². The minimum atomic E-state index is -0.118. The molecule has 0 spiro atoms. The summed E-state index contributed by atoms with van der Waals surface area (Å²) in [6, 6.07) is 11.2. The van der Waals surface area contributed by atoms with E-state index in [2.05, 4.69) is 25.2 Å². The molecule has 2 aromatic rings. The number of benzene rings is 2. The van der Waals surface area contributed by atoms with Crippen LogP contribution in [0.5, 0.6) is 11.5 Å². The molecule has 1 atom stereocenters. The Balaban J connectivity index is 2.26. The minimum absolute atomic E-state index is 0.109. The number of carbonyl (C=O) groups is 1. The fraction of sp³-hybridized carbons (Fsp3) is 0.381. The van der Waals surface area contributed by atoms with Gasteiger partial charge in [0.05, 0.1) is 20.3 Å². The van der Waals surface area contributed by atoms with Gasteiger partial charge >= 0.3 is 0 Å². The fourth-order valence-electron chi connectivity index (χ4n) is 2.93. The molecule has 0 fully saturated rings. The number of aryl methyl sites for hydroxylation is 1. The average Bonchev–Trinajstić information content (AvgIpc) is 2.60. The molecule has 0 heterocycles. The predicted octanol–water partition coefficient (Wildman–Crippen LogP) is 4.63. The highest BCUT2D eigenvalue weighted by atomic mass is 16.5. The van der Waals surface area contributed by atoms with E-state index < -0.39 is 0 Å². The molecule has 0 saturated heterocycles. The summed E-state index contributed by atoms with van der Waals surface area (Å²) >= 11 is 0.